The topological polar surface area (TPSA) is 117 Å². The van der Waals surface area contributed by atoms with Crippen molar-refractivity contribution in [1.82, 2.24) is 30.1 Å². The lowest BCUT2D eigenvalue weighted by Gasteiger charge is -2.09. The van der Waals surface area contributed by atoms with Gasteiger partial charge in [0.25, 0.3) is 0 Å². The lowest BCUT2D eigenvalue weighted by atomic mass is 10.1. The smallest absolute Gasteiger partial charge is 0.316 e. The molecule has 0 aliphatic rings. The molecule has 0 fully saturated rings. The maximum Gasteiger partial charge on any atom is 0.316 e. The lowest BCUT2D eigenvalue weighted by Crippen LogP contribution is -2.23. The first kappa shape index (κ1) is 23.5. The molecule has 0 saturated heterocycles. The number of imidazole rings is 1. The Balaban J connectivity index is 1.41. The number of methoxy groups -OCH3 is 1. The van der Waals surface area contributed by atoms with Crippen molar-refractivity contribution in [3.05, 3.63) is 83.5 Å². The molecule has 11 heteroatoms. The number of nitrogens with zero attached hydrogens (tertiary/aromatic N) is 5. The van der Waals surface area contributed by atoms with Crippen molar-refractivity contribution in [2.45, 2.75) is 6.54 Å². The molecule has 0 aliphatic carbocycles. The zero-order chi connectivity index (χ0) is 24.9. The second-order valence-electron chi connectivity index (χ2n) is 7.78. The Hall–Kier alpha value is -4.28. The number of aromatic nitrogens is 5. The predicted molar refractivity (Wildman–Crippen MR) is 132 cm³/mol. The summed E-state index contributed by atoms with van der Waals surface area (Å²) in [4.78, 5) is 21.5. The average molecular weight is 505 g/mol. The molecule has 0 saturated carbocycles. The van der Waals surface area contributed by atoms with Gasteiger partial charge in [-0.05, 0) is 48.0 Å². The zero-order valence-corrected chi connectivity index (χ0v) is 20.0. The number of fused-ring (bicyclic) bond motifs is 1. The first-order valence-corrected chi connectivity index (χ1v) is 11.4. The van der Waals surface area contributed by atoms with Crippen LogP contribution in [0.15, 0.2) is 71.5 Å². The minimum absolute atomic E-state index is 0.156. The molecule has 36 heavy (non-hydrogen) atoms. The van der Waals surface area contributed by atoms with Crippen molar-refractivity contribution in [1.29, 1.82) is 0 Å². The van der Waals surface area contributed by atoms with Crippen LogP contribution in [0, 0.1) is 0 Å². The van der Waals surface area contributed by atoms with Crippen LogP contribution in [0.3, 0.4) is 0 Å². The van der Waals surface area contributed by atoms with Gasteiger partial charge in [-0.15, -0.1) is 0 Å². The molecule has 2 aromatic carbocycles. The van der Waals surface area contributed by atoms with Crippen molar-refractivity contribution >= 4 is 23.2 Å². The molecular formula is C25H21ClN6O4. The van der Waals surface area contributed by atoms with Crippen LogP contribution in [-0.2, 0) is 11.3 Å². The predicted octanol–water partition coefficient (Wildman–Crippen LogP) is 4.05. The molecule has 3 heterocycles. The van der Waals surface area contributed by atoms with E-state index >= 15 is 0 Å². The van der Waals surface area contributed by atoms with E-state index in [4.69, 9.17) is 25.6 Å². The van der Waals surface area contributed by atoms with Gasteiger partial charge in [0.15, 0.2) is 5.65 Å². The lowest BCUT2D eigenvalue weighted by molar-refractivity contribution is 0.0907. The summed E-state index contributed by atoms with van der Waals surface area (Å²) in [6, 6.07) is 16.4. The number of halogens is 1. The molecule has 0 radical (unpaired) electrons. The Morgan fingerprint density at radius 1 is 1.08 bits per heavy atom. The van der Waals surface area contributed by atoms with Gasteiger partial charge in [0.2, 0.25) is 5.82 Å². The van der Waals surface area contributed by atoms with Crippen molar-refractivity contribution in [2.24, 2.45) is 0 Å². The van der Waals surface area contributed by atoms with Gasteiger partial charge in [-0.3, -0.25) is 4.79 Å². The van der Waals surface area contributed by atoms with E-state index in [9.17, 15) is 4.79 Å². The number of hydrogen-bond acceptors (Lipinski definition) is 8. The fourth-order valence-corrected chi connectivity index (χ4v) is 3.72. The fraction of sp³-hybridized carbons (Fsp3) is 0.160. The van der Waals surface area contributed by atoms with E-state index in [1.807, 2.05) is 42.6 Å². The Morgan fingerprint density at radius 2 is 1.97 bits per heavy atom. The van der Waals surface area contributed by atoms with Crippen LogP contribution in [0.25, 0.3) is 28.3 Å². The molecular weight excluding hydrogens is 484 g/mol. The maximum atomic E-state index is 12.6. The van der Waals surface area contributed by atoms with Crippen LogP contribution in [-0.4, -0.2) is 51.0 Å². The van der Waals surface area contributed by atoms with Crippen LogP contribution in [0.4, 0.5) is 0 Å². The fourth-order valence-electron chi connectivity index (χ4n) is 3.51. The van der Waals surface area contributed by atoms with Crippen LogP contribution in [0.2, 0.25) is 5.02 Å². The molecule has 1 N–H and O–H groups in total. The minimum atomic E-state index is -0.493. The molecule has 0 aliphatic heterocycles. The van der Waals surface area contributed by atoms with Gasteiger partial charge >= 0.3 is 11.8 Å². The first-order chi connectivity index (χ1) is 17.6. The quantitative estimate of drug-likeness (QED) is 0.299. The molecule has 0 unspecified atom stereocenters. The second-order valence-corrected chi connectivity index (χ2v) is 8.21. The molecule has 0 spiro atoms. The van der Waals surface area contributed by atoms with E-state index in [0.29, 0.717) is 40.9 Å². The van der Waals surface area contributed by atoms with E-state index in [1.165, 1.54) is 0 Å². The monoisotopic (exact) mass is 504 g/mol. The van der Waals surface area contributed by atoms with Crippen molar-refractivity contribution in [2.75, 3.05) is 20.3 Å². The van der Waals surface area contributed by atoms with Gasteiger partial charge in [0, 0.05) is 36.0 Å². The average Bonchev–Trinajstić information content (AvgIpc) is 3.55. The maximum absolute atomic E-state index is 12.6. The number of nitrogens with one attached hydrogen (secondary N) is 1. The number of ether oxygens (including phenoxy) is 2. The Bertz CT molecular complexity index is 1480. The third-order valence-corrected chi connectivity index (χ3v) is 5.45. The summed E-state index contributed by atoms with van der Waals surface area (Å²) in [5, 5.41) is 11.6. The van der Waals surface area contributed by atoms with Gasteiger partial charge in [-0.25, -0.2) is 9.50 Å². The highest BCUT2D eigenvalue weighted by Crippen LogP contribution is 2.30. The standard InChI is InChI=1S/C25H21ClN6O4/c1-34-8-9-35-20-12-17(21-15-32-22(29-21)6-3-7-28-32)11-18(13-20)23-30-25(36-31-23)24(33)27-14-16-4-2-5-19(26)10-16/h2-7,10-13,15H,8-9,14H2,1H3,(H,27,33). The number of benzene rings is 2. The number of rotatable bonds is 9. The van der Waals surface area contributed by atoms with E-state index in [2.05, 4.69) is 25.5 Å². The summed E-state index contributed by atoms with van der Waals surface area (Å²) >= 11 is 6.00. The van der Waals surface area contributed by atoms with Crippen LogP contribution in [0.1, 0.15) is 16.2 Å². The molecule has 1 amide bonds. The molecule has 5 rings (SSSR count). The van der Waals surface area contributed by atoms with Crippen molar-refractivity contribution < 1.29 is 18.8 Å². The van der Waals surface area contributed by atoms with E-state index in [1.54, 1.807) is 36.0 Å². The summed E-state index contributed by atoms with van der Waals surface area (Å²) in [6.07, 6.45) is 3.50. The SMILES string of the molecule is COCCOc1cc(-c2cn3ncccc3n2)cc(-c2noc(C(=O)NCc3cccc(Cl)c3)n2)c1. The van der Waals surface area contributed by atoms with Crippen molar-refractivity contribution in [3.63, 3.8) is 0 Å². The van der Waals surface area contributed by atoms with Gasteiger partial charge < -0.3 is 19.3 Å². The zero-order valence-electron chi connectivity index (χ0n) is 19.2. The third-order valence-electron chi connectivity index (χ3n) is 5.22. The highest BCUT2D eigenvalue weighted by atomic mass is 35.5. The highest BCUT2D eigenvalue weighted by Gasteiger charge is 2.18. The molecule has 0 bridgehead atoms. The third kappa shape index (κ3) is 5.35. The largest absolute Gasteiger partial charge is 0.491 e. The summed E-state index contributed by atoms with van der Waals surface area (Å²) in [5.74, 6) is 0.161. The van der Waals surface area contributed by atoms with E-state index < -0.39 is 5.91 Å². The van der Waals surface area contributed by atoms with Gasteiger partial charge in [-0.1, -0.05) is 28.9 Å². The molecule has 182 valence electrons. The van der Waals surface area contributed by atoms with Crippen LogP contribution < -0.4 is 10.1 Å². The van der Waals surface area contributed by atoms with E-state index in [-0.39, 0.29) is 18.3 Å². The molecule has 3 aromatic heterocycles. The van der Waals surface area contributed by atoms with Crippen LogP contribution in [0.5, 0.6) is 5.75 Å². The van der Waals surface area contributed by atoms with E-state index in [0.717, 1.165) is 11.1 Å². The number of hydrogen-bond donors (Lipinski definition) is 1. The second kappa shape index (κ2) is 10.5. The Morgan fingerprint density at radius 3 is 2.81 bits per heavy atom. The minimum Gasteiger partial charge on any atom is -0.491 e. The molecule has 5 aromatic rings. The van der Waals surface area contributed by atoms with Crippen LogP contribution >= 0.6 is 11.6 Å². The molecule has 0 atom stereocenters. The van der Waals surface area contributed by atoms with Gasteiger partial charge in [0.05, 0.1) is 18.5 Å². The summed E-state index contributed by atoms with van der Waals surface area (Å²) in [7, 11) is 1.60. The number of carbonyl (C=O) groups excluding carboxylic acids is 1. The summed E-state index contributed by atoms with van der Waals surface area (Å²) in [5.41, 5.74) is 3.61. The Kier molecular flexibility index (Phi) is 6.87. The number of carbonyl (C=O) groups is 1. The summed E-state index contributed by atoms with van der Waals surface area (Å²) < 4.78 is 17.8. The summed E-state index contributed by atoms with van der Waals surface area (Å²) in [6.45, 7) is 1.05. The molecule has 10 nitrogen and oxygen atoms in total. The van der Waals surface area contributed by atoms with Crippen molar-refractivity contribution in [3.8, 4) is 28.4 Å². The van der Waals surface area contributed by atoms with Gasteiger partial charge in [-0.2, -0.15) is 10.1 Å². The normalized spacial score (nSPS) is 11.1. The number of amides is 1. The Labute approximate surface area is 210 Å². The van der Waals surface area contributed by atoms with Gasteiger partial charge in [0.1, 0.15) is 12.4 Å². The highest BCUT2D eigenvalue weighted by molar-refractivity contribution is 6.30. The first-order valence-electron chi connectivity index (χ1n) is 11.0.